The molecule has 3 aromatic rings. The number of nitrogens with zero attached hydrogens (tertiary/aromatic N) is 3. The third-order valence-corrected chi connectivity index (χ3v) is 4.75. The van der Waals surface area contributed by atoms with Crippen molar-refractivity contribution in [2.24, 2.45) is 0 Å². The highest BCUT2D eigenvalue weighted by molar-refractivity contribution is 7.98. The third-order valence-electron chi connectivity index (χ3n) is 3.51. The van der Waals surface area contributed by atoms with Crippen LogP contribution in [0.3, 0.4) is 0 Å². The first-order valence-corrected chi connectivity index (χ1v) is 8.68. The number of halogens is 4. The lowest BCUT2D eigenvalue weighted by Crippen LogP contribution is -2.04. The maximum atomic E-state index is 12.6. The summed E-state index contributed by atoms with van der Waals surface area (Å²) in [5, 5.41) is 9.48. The minimum Gasteiger partial charge on any atom is -0.274 e. The fourth-order valence-electron chi connectivity index (χ4n) is 2.29. The molecule has 0 saturated carbocycles. The molecule has 25 heavy (non-hydrogen) atoms. The Bertz CT molecular complexity index is 876. The van der Waals surface area contributed by atoms with Crippen molar-refractivity contribution in [3.63, 3.8) is 0 Å². The molecule has 0 radical (unpaired) electrons. The highest BCUT2D eigenvalue weighted by atomic mass is 35.5. The van der Waals surface area contributed by atoms with Gasteiger partial charge in [-0.25, -0.2) is 0 Å². The molecule has 0 atom stereocenters. The van der Waals surface area contributed by atoms with Gasteiger partial charge in [-0.1, -0.05) is 41.6 Å². The summed E-state index contributed by atoms with van der Waals surface area (Å²) in [5.41, 5.74) is 0.959. The molecule has 3 nitrogen and oxygen atoms in total. The lowest BCUT2D eigenvalue weighted by Gasteiger charge is -2.09. The molecule has 0 N–H and O–H groups in total. The summed E-state index contributed by atoms with van der Waals surface area (Å²) in [5.74, 6) is 1.19. The fourth-order valence-corrected chi connectivity index (χ4v) is 3.42. The number of hydrogen-bond donors (Lipinski definition) is 0. The van der Waals surface area contributed by atoms with Crippen molar-refractivity contribution in [3.8, 4) is 5.69 Å². The molecule has 130 valence electrons. The zero-order chi connectivity index (χ0) is 18.0. The van der Waals surface area contributed by atoms with Crippen LogP contribution in [0.5, 0.6) is 0 Å². The zero-order valence-corrected chi connectivity index (χ0v) is 14.7. The van der Waals surface area contributed by atoms with Crippen molar-refractivity contribution in [2.45, 2.75) is 24.0 Å². The lowest BCUT2D eigenvalue weighted by atomic mass is 10.1. The molecule has 3 rings (SSSR count). The van der Waals surface area contributed by atoms with Crippen molar-refractivity contribution in [1.29, 1.82) is 0 Å². The molecule has 0 amide bonds. The molecule has 0 bridgehead atoms. The first kappa shape index (κ1) is 17.8. The Balaban J connectivity index is 1.78. The van der Waals surface area contributed by atoms with Gasteiger partial charge in [0.05, 0.1) is 11.3 Å². The van der Waals surface area contributed by atoms with E-state index < -0.39 is 11.7 Å². The van der Waals surface area contributed by atoms with Crippen LogP contribution < -0.4 is 0 Å². The number of hydrogen-bond acceptors (Lipinski definition) is 3. The standard InChI is InChI=1S/C17H13ClF3N3S/c1-11-22-23-16(24(11)15-4-2-3-14(18)9-15)25-10-12-5-7-13(8-6-12)17(19,20)21/h2-9H,10H2,1H3. The van der Waals surface area contributed by atoms with Crippen LogP contribution in [0.15, 0.2) is 53.7 Å². The Morgan fingerprint density at radius 2 is 1.80 bits per heavy atom. The van der Waals surface area contributed by atoms with E-state index in [0.717, 1.165) is 23.4 Å². The van der Waals surface area contributed by atoms with E-state index in [9.17, 15) is 13.2 Å². The van der Waals surface area contributed by atoms with Crippen molar-refractivity contribution < 1.29 is 13.2 Å². The molecule has 8 heteroatoms. The average Bonchev–Trinajstić information content (AvgIpc) is 2.93. The van der Waals surface area contributed by atoms with Crippen LogP contribution >= 0.6 is 23.4 Å². The van der Waals surface area contributed by atoms with Gasteiger partial charge in [-0.3, -0.25) is 4.57 Å². The molecule has 1 heterocycles. The van der Waals surface area contributed by atoms with Gasteiger partial charge in [0, 0.05) is 10.8 Å². The monoisotopic (exact) mass is 383 g/mol. The van der Waals surface area contributed by atoms with Gasteiger partial charge >= 0.3 is 6.18 Å². The molecule has 0 aliphatic rings. The minimum atomic E-state index is -4.32. The van der Waals surface area contributed by atoms with Gasteiger partial charge < -0.3 is 0 Å². The van der Waals surface area contributed by atoms with Crippen LogP contribution in [0.25, 0.3) is 5.69 Å². The Morgan fingerprint density at radius 1 is 1.08 bits per heavy atom. The van der Waals surface area contributed by atoms with Crippen molar-refractivity contribution in [2.75, 3.05) is 0 Å². The van der Waals surface area contributed by atoms with Gasteiger partial charge in [-0.2, -0.15) is 13.2 Å². The second-order valence-electron chi connectivity index (χ2n) is 5.33. The van der Waals surface area contributed by atoms with Crippen LogP contribution in [-0.4, -0.2) is 14.8 Å². The Labute approximate surface area is 151 Å². The maximum absolute atomic E-state index is 12.6. The number of aromatic nitrogens is 3. The average molecular weight is 384 g/mol. The minimum absolute atomic E-state index is 0.483. The molecule has 0 aliphatic heterocycles. The smallest absolute Gasteiger partial charge is 0.274 e. The van der Waals surface area contributed by atoms with Gasteiger partial charge in [-0.15, -0.1) is 10.2 Å². The summed E-state index contributed by atoms with van der Waals surface area (Å²) in [6, 6.07) is 12.4. The van der Waals surface area contributed by atoms with Gasteiger partial charge in [0.25, 0.3) is 0 Å². The van der Waals surface area contributed by atoms with E-state index in [1.54, 1.807) is 12.1 Å². The molecule has 0 unspecified atom stereocenters. The first-order chi connectivity index (χ1) is 11.8. The Kier molecular flexibility index (Phi) is 5.06. The molecule has 0 aliphatic carbocycles. The number of alkyl halides is 3. The Hall–Kier alpha value is -1.99. The highest BCUT2D eigenvalue weighted by Crippen LogP contribution is 2.31. The van der Waals surface area contributed by atoms with Crippen molar-refractivity contribution in [3.05, 3.63) is 70.5 Å². The summed E-state index contributed by atoms with van der Waals surface area (Å²) in [6.07, 6.45) is -4.32. The zero-order valence-electron chi connectivity index (χ0n) is 13.1. The van der Waals surface area contributed by atoms with Gasteiger partial charge in [0.2, 0.25) is 0 Å². The van der Waals surface area contributed by atoms with E-state index in [1.807, 2.05) is 23.6 Å². The molecule has 0 fully saturated rings. The lowest BCUT2D eigenvalue weighted by molar-refractivity contribution is -0.137. The van der Waals surface area contributed by atoms with Crippen LogP contribution in [0.1, 0.15) is 17.0 Å². The van der Waals surface area contributed by atoms with E-state index >= 15 is 0 Å². The summed E-state index contributed by atoms with van der Waals surface area (Å²) in [6.45, 7) is 1.83. The van der Waals surface area contributed by atoms with E-state index in [4.69, 9.17) is 11.6 Å². The molecule has 0 saturated heterocycles. The van der Waals surface area contributed by atoms with Crippen LogP contribution in [0.2, 0.25) is 5.02 Å². The van der Waals surface area contributed by atoms with Crippen LogP contribution in [-0.2, 0) is 11.9 Å². The topological polar surface area (TPSA) is 30.7 Å². The van der Waals surface area contributed by atoms with Crippen molar-refractivity contribution in [1.82, 2.24) is 14.8 Å². The number of benzene rings is 2. The number of thioether (sulfide) groups is 1. The third kappa shape index (κ3) is 4.16. The van der Waals surface area contributed by atoms with E-state index in [0.29, 0.717) is 21.8 Å². The SMILES string of the molecule is Cc1nnc(SCc2ccc(C(F)(F)F)cc2)n1-c1cccc(Cl)c1. The molecular formula is C17H13ClF3N3S. The molecule has 2 aromatic carbocycles. The van der Waals surface area contributed by atoms with Crippen LogP contribution in [0, 0.1) is 6.92 Å². The summed E-state index contributed by atoms with van der Waals surface area (Å²) >= 11 is 7.44. The van der Waals surface area contributed by atoms with Gasteiger partial charge in [-0.05, 0) is 42.8 Å². The quantitative estimate of drug-likeness (QED) is 0.554. The largest absolute Gasteiger partial charge is 0.416 e. The van der Waals surface area contributed by atoms with Gasteiger partial charge in [0.15, 0.2) is 5.16 Å². The van der Waals surface area contributed by atoms with E-state index in [2.05, 4.69) is 10.2 Å². The molecular weight excluding hydrogens is 371 g/mol. The highest BCUT2D eigenvalue weighted by Gasteiger charge is 2.29. The van der Waals surface area contributed by atoms with Gasteiger partial charge in [0.1, 0.15) is 5.82 Å². The second kappa shape index (κ2) is 7.09. The fraction of sp³-hybridized carbons (Fsp3) is 0.176. The maximum Gasteiger partial charge on any atom is 0.416 e. The van der Waals surface area contributed by atoms with E-state index in [1.165, 1.54) is 23.9 Å². The summed E-state index contributed by atoms with van der Waals surface area (Å²) in [7, 11) is 0. The van der Waals surface area contributed by atoms with E-state index in [-0.39, 0.29) is 0 Å². The predicted molar refractivity (Wildman–Crippen MR) is 92.1 cm³/mol. The summed E-state index contributed by atoms with van der Waals surface area (Å²) in [4.78, 5) is 0. The first-order valence-electron chi connectivity index (χ1n) is 7.31. The van der Waals surface area contributed by atoms with Crippen molar-refractivity contribution >= 4 is 23.4 Å². The summed E-state index contributed by atoms with van der Waals surface area (Å²) < 4.78 is 39.7. The normalized spacial score (nSPS) is 11.7. The molecule has 1 aromatic heterocycles. The molecule has 0 spiro atoms. The Morgan fingerprint density at radius 3 is 2.44 bits per heavy atom. The van der Waals surface area contributed by atoms with Crippen LogP contribution in [0.4, 0.5) is 13.2 Å². The predicted octanol–water partition coefficient (Wildman–Crippen LogP) is 5.54. The number of rotatable bonds is 4. The number of aryl methyl sites for hydroxylation is 1. The second-order valence-corrected chi connectivity index (χ2v) is 6.71.